The standard InChI is InChI=1S/C30H28ClFN2O5S/c1-14-3-2-4-20(31)23(14)24-19(27(39-34-24)15-5-6-15)13-38-26-16-7-8-17(26)12-30(37,11-16)29-33-25-21(32)9-18(28(35)36)10-22(25)40-29/h2-4,9-10,15-17,26,37H,5-8,11-13H2,1H3,(H,35,36)/t16-,17+,26?,30?. The third kappa shape index (κ3) is 4.34. The first kappa shape index (κ1) is 26.1. The lowest BCUT2D eigenvalue weighted by atomic mass is 9.76. The van der Waals surface area contributed by atoms with E-state index in [2.05, 4.69) is 10.1 Å². The van der Waals surface area contributed by atoms with Crippen LogP contribution in [-0.4, -0.2) is 32.4 Å². The molecule has 10 heteroatoms. The van der Waals surface area contributed by atoms with E-state index in [1.54, 1.807) is 0 Å². The van der Waals surface area contributed by atoms with Crippen LogP contribution in [0.4, 0.5) is 4.39 Å². The molecule has 2 N–H and O–H groups in total. The van der Waals surface area contributed by atoms with Gasteiger partial charge in [0.15, 0.2) is 5.82 Å². The number of fused-ring (bicyclic) bond motifs is 3. The predicted molar refractivity (Wildman–Crippen MR) is 148 cm³/mol. The van der Waals surface area contributed by atoms with Crippen LogP contribution in [0.25, 0.3) is 21.5 Å². The van der Waals surface area contributed by atoms with Crippen LogP contribution in [0.2, 0.25) is 5.02 Å². The molecule has 2 unspecified atom stereocenters. The van der Waals surface area contributed by atoms with E-state index in [1.807, 2.05) is 25.1 Å². The highest BCUT2D eigenvalue weighted by Crippen LogP contribution is 2.53. The molecule has 2 aromatic heterocycles. The highest BCUT2D eigenvalue weighted by atomic mass is 35.5. The number of aryl methyl sites for hydroxylation is 1. The van der Waals surface area contributed by atoms with E-state index in [9.17, 15) is 19.4 Å². The summed E-state index contributed by atoms with van der Waals surface area (Å²) < 4.78 is 27.5. The minimum Gasteiger partial charge on any atom is -0.478 e. The van der Waals surface area contributed by atoms with E-state index in [0.29, 0.717) is 40.1 Å². The van der Waals surface area contributed by atoms with Crippen molar-refractivity contribution < 1.29 is 28.7 Å². The van der Waals surface area contributed by atoms with Gasteiger partial charge in [-0.05, 0) is 81.0 Å². The minimum atomic E-state index is -1.21. The van der Waals surface area contributed by atoms with E-state index in [-0.39, 0.29) is 29.0 Å². The number of hydrogen-bond donors (Lipinski definition) is 2. The topological polar surface area (TPSA) is 106 Å². The summed E-state index contributed by atoms with van der Waals surface area (Å²) in [6.07, 6.45) is 4.87. The van der Waals surface area contributed by atoms with Crippen molar-refractivity contribution in [1.82, 2.24) is 10.1 Å². The van der Waals surface area contributed by atoms with Crippen molar-refractivity contribution in [2.75, 3.05) is 0 Å². The van der Waals surface area contributed by atoms with Crippen LogP contribution in [0.5, 0.6) is 0 Å². The molecule has 3 saturated carbocycles. The molecular weight excluding hydrogens is 555 g/mol. The van der Waals surface area contributed by atoms with Gasteiger partial charge in [0.1, 0.15) is 27.6 Å². The maximum absolute atomic E-state index is 14.6. The van der Waals surface area contributed by atoms with Gasteiger partial charge < -0.3 is 19.5 Å². The third-order valence-electron chi connectivity index (χ3n) is 8.78. The maximum Gasteiger partial charge on any atom is 0.335 e. The van der Waals surface area contributed by atoms with Crippen molar-refractivity contribution >= 4 is 39.1 Å². The van der Waals surface area contributed by atoms with Crippen LogP contribution in [0.1, 0.15) is 76.7 Å². The summed E-state index contributed by atoms with van der Waals surface area (Å²) in [6, 6.07) is 8.19. The third-order valence-corrected chi connectivity index (χ3v) is 10.3. The van der Waals surface area contributed by atoms with Crippen LogP contribution in [0, 0.1) is 24.6 Å². The van der Waals surface area contributed by atoms with E-state index in [4.69, 9.17) is 20.9 Å². The number of aromatic carboxylic acids is 1. The summed E-state index contributed by atoms with van der Waals surface area (Å²) in [6.45, 7) is 2.37. The Morgan fingerprint density at radius 2 is 1.98 bits per heavy atom. The molecule has 208 valence electrons. The Labute approximate surface area is 238 Å². The summed E-state index contributed by atoms with van der Waals surface area (Å²) in [5.41, 5.74) is 2.35. The Bertz CT molecular complexity index is 1610. The average Bonchev–Trinajstić information content (AvgIpc) is 3.41. The Morgan fingerprint density at radius 3 is 2.65 bits per heavy atom. The Hall–Kier alpha value is -2.85. The number of nitrogens with zero attached hydrogens (tertiary/aromatic N) is 2. The fourth-order valence-electron chi connectivity index (χ4n) is 6.72. The number of carbonyl (C=O) groups is 1. The van der Waals surface area contributed by atoms with E-state index >= 15 is 0 Å². The van der Waals surface area contributed by atoms with Gasteiger partial charge >= 0.3 is 5.97 Å². The van der Waals surface area contributed by atoms with Crippen molar-refractivity contribution in [3.05, 3.63) is 68.6 Å². The number of carboxylic acids is 1. The van der Waals surface area contributed by atoms with Crippen LogP contribution in [0.3, 0.4) is 0 Å². The molecule has 0 aliphatic heterocycles. The maximum atomic E-state index is 14.6. The molecule has 3 aliphatic rings. The van der Waals surface area contributed by atoms with Crippen molar-refractivity contribution in [3.63, 3.8) is 0 Å². The van der Waals surface area contributed by atoms with Gasteiger partial charge in [-0.3, -0.25) is 0 Å². The second-order valence-corrected chi connectivity index (χ2v) is 13.0. The van der Waals surface area contributed by atoms with Gasteiger partial charge in [-0.25, -0.2) is 14.2 Å². The summed E-state index contributed by atoms with van der Waals surface area (Å²) >= 11 is 7.76. The molecule has 3 aliphatic carbocycles. The smallest absolute Gasteiger partial charge is 0.335 e. The Balaban J connectivity index is 1.14. The molecule has 0 saturated heterocycles. The van der Waals surface area contributed by atoms with Gasteiger partial charge in [-0.2, -0.15) is 0 Å². The van der Waals surface area contributed by atoms with Crippen LogP contribution in [0.15, 0.2) is 34.9 Å². The number of halogens is 2. The second-order valence-electron chi connectivity index (χ2n) is 11.5. The Kier molecular flexibility index (Phi) is 6.27. The number of carboxylic acid groups (broad SMARTS) is 1. The molecule has 4 atom stereocenters. The SMILES string of the molecule is Cc1cccc(Cl)c1-c1noc(C2CC2)c1COC1[C@@H]2CC[C@H]1CC(O)(c1nc3c(F)cc(C(=O)O)cc3s1)C2. The highest BCUT2D eigenvalue weighted by molar-refractivity contribution is 7.18. The number of aliphatic hydroxyl groups is 1. The van der Waals surface area contributed by atoms with Gasteiger partial charge in [0.25, 0.3) is 0 Å². The van der Waals surface area contributed by atoms with E-state index < -0.39 is 17.4 Å². The molecule has 7 nitrogen and oxygen atoms in total. The monoisotopic (exact) mass is 582 g/mol. The second kappa shape index (κ2) is 9.62. The zero-order valence-corrected chi connectivity index (χ0v) is 23.4. The first-order valence-electron chi connectivity index (χ1n) is 13.6. The molecule has 40 heavy (non-hydrogen) atoms. The van der Waals surface area contributed by atoms with Crippen LogP contribution >= 0.6 is 22.9 Å². The lowest BCUT2D eigenvalue weighted by molar-refractivity contribution is -0.105. The summed E-state index contributed by atoms with van der Waals surface area (Å²) in [5, 5.41) is 26.6. The van der Waals surface area contributed by atoms with Crippen molar-refractivity contribution in [1.29, 1.82) is 0 Å². The summed E-state index contributed by atoms with van der Waals surface area (Å²) in [5.74, 6) is -0.417. The number of aromatic nitrogens is 2. The first-order chi connectivity index (χ1) is 19.2. The molecule has 0 radical (unpaired) electrons. The molecular formula is C30H28ClFN2O5S. The molecule has 7 rings (SSSR count). The lowest BCUT2D eigenvalue weighted by Crippen LogP contribution is -2.42. The predicted octanol–water partition coefficient (Wildman–Crippen LogP) is 7.22. The largest absolute Gasteiger partial charge is 0.478 e. The normalized spacial score (nSPS) is 26.1. The zero-order chi connectivity index (χ0) is 27.8. The van der Waals surface area contributed by atoms with Crippen LogP contribution < -0.4 is 0 Å². The zero-order valence-electron chi connectivity index (χ0n) is 21.8. The molecule has 2 aromatic carbocycles. The van der Waals surface area contributed by atoms with Gasteiger partial charge in [-0.1, -0.05) is 28.9 Å². The molecule has 0 spiro atoms. The molecule has 2 bridgehead atoms. The number of rotatable bonds is 7. The van der Waals surface area contributed by atoms with Gasteiger partial charge in [0.05, 0.1) is 28.0 Å². The first-order valence-corrected chi connectivity index (χ1v) is 14.8. The van der Waals surface area contributed by atoms with Crippen molar-refractivity contribution in [3.8, 4) is 11.3 Å². The molecule has 4 aromatic rings. The van der Waals surface area contributed by atoms with Crippen LogP contribution in [-0.2, 0) is 16.9 Å². The Morgan fingerprint density at radius 1 is 1.23 bits per heavy atom. The van der Waals surface area contributed by atoms with Crippen molar-refractivity contribution in [2.24, 2.45) is 11.8 Å². The minimum absolute atomic E-state index is 0.0350. The highest BCUT2D eigenvalue weighted by Gasteiger charge is 2.52. The summed E-state index contributed by atoms with van der Waals surface area (Å²) in [4.78, 5) is 15.8. The van der Waals surface area contributed by atoms with E-state index in [0.717, 1.165) is 59.9 Å². The average molecular weight is 583 g/mol. The van der Waals surface area contributed by atoms with Gasteiger partial charge in [-0.15, -0.1) is 11.3 Å². The lowest BCUT2D eigenvalue weighted by Gasteiger charge is -2.40. The fourth-order valence-corrected chi connectivity index (χ4v) is 8.16. The van der Waals surface area contributed by atoms with Crippen molar-refractivity contribution in [2.45, 2.75) is 69.7 Å². The van der Waals surface area contributed by atoms with Gasteiger partial charge in [0.2, 0.25) is 0 Å². The van der Waals surface area contributed by atoms with Gasteiger partial charge in [0, 0.05) is 17.0 Å². The number of thiazole rings is 1. The number of benzene rings is 2. The number of ether oxygens (including phenoxy) is 1. The molecule has 3 fully saturated rings. The molecule has 2 heterocycles. The number of hydrogen-bond acceptors (Lipinski definition) is 7. The fraction of sp³-hybridized carbons (Fsp3) is 0.433. The molecule has 0 amide bonds. The quantitative estimate of drug-likeness (QED) is 0.237. The summed E-state index contributed by atoms with van der Waals surface area (Å²) in [7, 11) is 0. The van der Waals surface area contributed by atoms with E-state index in [1.165, 1.54) is 17.4 Å².